The van der Waals surface area contributed by atoms with E-state index in [-0.39, 0.29) is 10.8 Å². The fourth-order valence-corrected chi connectivity index (χ4v) is 3.52. The number of rotatable bonds is 9. The van der Waals surface area contributed by atoms with Gasteiger partial charge in [-0.2, -0.15) is 23.4 Å². The molecule has 3 rings (SSSR count). The fraction of sp³-hybridized carbons (Fsp3) is 0.320. The van der Waals surface area contributed by atoms with E-state index in [1.165, 1.54) is 30.1 Å². The van der Waals surface area contributed by atoms with Crippen LogP contribution in [0.4, 0.5) is 13.2 Å². The van der Waals surface area contributed by atoms with Gasteiger partial charge >= 0.3 is 6.18 Å². The molecule has 1 N–H and O–H groups in total. The highest BCUT2D eigenvalue weighted by atomic mass is 35.5. The van der Waals surface area contributed by atoms with Gasteiger partial charge in [-0.05, 0) is 55.7 Å². The van der Waals surface area contributed by atoms with E-state index in [9.17, 15) is 18.0 Å². The number of aromatic nitrogens is 2. The molecule has 1 amide bonds. The van der Waals surface area contributed by atoms with Crippen LogP contribution in [0.3, 0.4) is 0 Å². The van der Waals surface area contributed by atoms with E-state index in [1.807, 2.05) is 0 Å². The SMILES string of the molecule is COc1cc(C(=O)N/N=C/c2c(C)nn(-c3cccc(C(F)(F)F)c3)c2Cl)ccc1OCCC(C)C. The van der Waals surface area contributed by atoms with Crippen LogP contribution in [0.25, 0.3) is 5.69 Å². The van der Waals surface area contributed by atoms with E-state index in [2.05, 4.69) is 29.5 Å². The van der Waals surface area contributed by atoms with Crippen LogP contribution in [0.15, 0.2) is 47.6 Å². The third-order valence-electron chi connectivity index (χ3n) is 5.20. The number of hydrazone groups is 1. The molecular formula is C25H26ClF3N4O3. The van der Waals surface area contributed by atoms with Gasteiger partial charge in [-0.25, -0.2) is 10.1 Å². The normalized spacial score (nSPS) is 11.8. The van der Waals surface area contributed by atoms with E-state index in [4.69, 9.17) is 21.1 Å². The molecule has 0 aliphatic rings. The number of methoxy groups -OCH3 is 1. The molecule has 0 aliphatic heterocycles. The van der Waals surface area contributed by atoms with Crippen LogP contribution in [-0.2, 0) is 6.18 Å². The van der Waals surface area contributed by atoms with Gasteiger partial charge in [0, 0.05) is 5.56 Å². The standard InChI is InChI=1S/C25H26ClF3N4O3/c1-15(2)10-11-36-21-9-8-17(12-22(21)35-4)24(34)31-30-14-20-16(3)32-33(23(20)26)19-7-5-6-18(13-19)25(27,28)29/h5-9,12-15H,10-11H2,1-4H3,(H,31,34)/b30-14+. The molecule has 0 spiro atoms. The average Bonchev–Trinajstić information content (AvgIpc) is 3.11. The molecule has 11 heteroatoms. The Hall–Kier alpha value is -3.53. The highest BCUT2D eigenvalue weighted by Crippen LogP contribution is 2.32. The molecule has 1 heterocycles. The van der Waals surface area contributed by atoms with Gasteiger partial charge in [0.1, 0.15) is 5.15 Å². The first-order valence-electron chi connectivity index (χ1n) is 11.1. The van der Waals surface area contributed by atoms with E-state index >= 15 is 0 Å². The highest BCUT2D eigenvalue weighted by molar-refractivity contribution is 6.32. The second-order valence-corrected chi connectivity index (χ2v) is 8.70. The van der Waals surface area contributed by atoms with Crippen molar-refractivity contribution in [3.05, 3.63) is 70.0 Å². The van der Waals surface area contributed by atoms with Crippen molar-refractivity contribution in [2.24, 2.45) is 11.0 Å². The number of alkyl halides is 3. The summed E-state index contributed by atoms with van der Waals surface area (Å²) in [5.41, 5.74) is 2.78. The van der Waals surface area contributed by atoms with Crippen LogP contribution in [0, 0.1) is 12.8 Å². The van der Waals surface area contributed by atoms with Gasteiger partial charge in [0.15, 0.2) is 11.5 Å². The zero-order valence-corrected chi connectivity index (χ0v) is 20.9. The predicted molar refractivity (Wildman–Crippen MR) is 131 cm³/mol. The first kappa shape index (κ1) is 27.1. The van der Waals surface area contributed by atoms with Gasteiger partial charge < -0.3 is 9.47 Å². The van der Waals surface area contributed by atoms with Crippen molar-refractivity contribution in [2.75, 3.05) is 13.7 Å². The molecule has 0 radical (unpaired) electrons. The van der Waals surface area contributed by atoms with Crippen molar-refractivity contribution in [3.63, 3.8) is 0 Å². The Balaban J connectivity index is 1.73. The zero-order chi connectivity index (χ0) is 26.5. The minimum atomic E-state index is -4.50. The molecule has 1 aromatic heterocycles. The topological polar surface area (TPSA) is 77.7 Å². The Morgan fingerprint density at radius 2 is 1.97 bits per heavy atom. The molecule has 192 valence electrons. The molecule has 0 atom stereocenters. The molecule has 0 aliphatic carbocycles. The van der Waals surface area contributed by atoms with Crippen LogP contribution < -0.4 is 14.9 Å². The Morgan fingerprint density at radius 3 is 2.64 bits per heavy atom. The summed E-state index contributed by atoms with van der Waals surface area (Å²) in [6, 6.07) is 9.42. The third kappa shape index (κ3) is 6.57. The molecule has 0 unspecified atom stereocenters. The van der Waals surface area contributed by atoms with Crippen molar-refractivity contribution in [3.8, 4) is 17.2 Å². The Labute approximate surface area is 211 Å². The number of amides is 1. The average molecular weight is 523 g/mol. The Bertz CT molecular complexity index is 1260. The number of nitrogens with one attached hydrogen (secondary N) is 1. The quantitative estimate of drug-likeness (QED) is 0.274. The van der Waals surface area contributed by atoms with Crippen molar-refractivity contribution in [2.45, 2.75) is 33.4 Å². The maximum atomic E-state index is 13.1. The fourth-order valence-electron chi connectivity index (χ4n) is 3.20. The number of halogens is 4. The monoisotopic (exact) mass is 522 g/mol. The molecule has 0 saturated carbocycles. The highest BCUT2D eigenvalue weighted by Gasteiger charge is 2.30. The van der Waals surface area contributed by atoms with E-state index in [0.29, 0.717) is 40.8 Å². The molecular weight excluding hydrogens is 497 g/mol. The lowest BCUT2D eigenvalue weighted by atomic mass is 10.1. The van der Waals surface area contributed by atoms with Crippen LogP contribution in [0.2, 0.25) is 5.15 Å². The van der Waals surface area contributed by atoms with Crippen LogP contribution in [0.5, 0.6) is 11.5 Å². The van der Waals surface area contributed by atoms with Crippen LogP contribution >= 0.6 is 11.6 Å². The largest absolute Gasteiger partial charge is 0.493 e. The number of benzene rings is 2. The van der Waals surface area contributed by atoms with Gasteiger partial charge in [0.05, 0.1) is 42.4 Å². The zero-order valence-electron chi connectivity index (χ0n) is 20.2. The summed E-state index contributed by atoms with van der Waals surface area (Å²) in [6.45, 7) is 6.35. The Kier molecular flexibility index (Phi) is 8.62. The summed E-state index contributed by atoms with van der Waals surface area (Å²) in [7, 11) is 1.48. The lowest BCUT2D eigenvalue weighted by molar-refractivity contribution is -0.137. The van der Waals surface area contributed by atoms with Crippen molar-refractivity contribution >= 4 is 23.7 Å². The van der Waals surface area contributed by atoms with Crippen molar-refractivity contribution < 1.29 is 27.4 Å². The molecule has 0 bridgehead atoms. The summed E-state index contributed by atoms with van der Waals surface area (Å²) in [6.07, 6.45) is -2.33. The summed E-state index contributed by atoms with van der Waals surface area (Å²) in [5, 5.41) is 8.20. The number of ether oxygens (including phenoxy) is 2. The minimum Gasteiger partial charge on any atom is -0.493 e. The van der Waals surface area contributed by atoms with E-state index in [1.54, 1.807) is 25.1 Å². The minimum absolute atomic E-state index is 0.0504. The number of aryl methyl sites for hydroxylation is 1. The summed E-state index contributed by atoms with van der Waals surface area (Å²) in [5.74, 6) is 0.935. The van der Waals surface area contributed by atoms with Gasteiger partial charge in [-0.1, -0.05) is 31.5 Å². The molecule has 2 aromatic carbocycles. The predicted octanol–water partition coefficient (Wildman–Crippen LogP) is 6.05. The molecule has 3 aromatic rings. The maximum absolute atomic E-state index is 13.1. The van der Waals surface area contributed by atoms with Gasteiger partial charge in [-0.15, -0.1) is 0 Å². The number of hydrogen-bond acceptors (Lipinski definition) is 5. The number of carbonyl (C=O) groups excluding carboxylic acids is 1. The first-order valence-corrected chi connectivity index (χ1v) is 11.5. The second kappa shape index (κ2) is 11.5. The molecule has 36 heavy (non-hydrogen) atoms. The Morgan fingerprint density at radius 1 is 1.22 bits per heavy atom. The molecule has 0 fully saturated rings. The lowest BCUT2D eigenvalue weighted by Crippen LogP contribution is -2.17. The van der Waals surface area contributed by atoms with Crippen LogP contribution in [0.1, 0.15) is 47.4 Å². The van der Waals surface area contributed by atoms with Crippen LogP contribution in [-0.4, -0.2) is 35.6 Å². The number of carbonyl (C=O) groups is 1. The smallest absolute Gasteiger partial charge is 0.416 e. The lowest BCUT2D eigenvalue weighted by Gasteiger charge is -2.12. The summed E-state index contributed by atoms with van der Waals surface area (Å²) < 4.78 is 51.4. The third-order valence-corrected chi connectivity index (χ3v) is 5.57. The maximum Gasteiger partial charge on any atom is 0.416 e. The number of nitrogens with zero attached hydrogens (tertiary/aromatic N) is 3. The van der Waals surface area contributed by atoms with Gasteiger partial charge in [0.2, 0.25) is 0 Å². The second-order valence-electron chi connectivity index (χ2n) is 8.35. The van der Waals surface area contributed by atoms with Crippen molar-refractivity contribution in [1.29, 1.82) is 0 Å². The van der Waals surface area contributed by atoms with Crippen molar-refractivity contribution in [1.82, 2.24) is 15.2 Å². The summed E-state index contributed by atoms with van der Waals surface area (Å²) in [4.78, 5) is 12.6. The molecule has 0 saturated heterocycles. The van der Waals surface area contributed by atoms with E-state index < -0.39 is 17.6 Å². The van der Waals surface area contributed by atoms with E-state index in [0.717, 1.165) is 18.6 Å². The van der Waals surface area contributed by atoms with Gasteiger partial charge in [0.25, 0.3) is 5.91 Å². The van der Waals surface area contributed by atoms with Gasteiger partial charge in [-0.3, -0.25) is 4.79 Å². The number of hydrogen-bond donors (Lipinski definition) is 1. The summed E-state index contributed by atoms with van der Waals surface area (Å²) >= 11 is 6.37. The first-order chi connectivity index (χ1) is 17.0. The molecule has 7 nitrogen and oxygen atoms in total.